The Kier molecular flexibility index (Phi) is 6.57. The first-order chi connectivity index (χ1) is 11.9. The van der Waals surface area contributed by atoms with E-state index < -0.39 is 32.6 Å². The molecule has 0 amide bonds. The number of benzene rings is 2. The van der Waals surface area contributed by atoms with Crippen LogP contribution in [-0.4, -0.2) is 39.5 Å². The lowest BCUT2D eigenvalue weighted by Crippen LogP contribution is -2.48. The number of piperazine rings is 1. The van der Waals surface area contributed by atoms with Gasteiger partial charge < -0.3 is 10.1 Å². The molecule has 5 nitrogen and oxygen atoms in total. The topological polar surface area (TPSA) is 58.6 Å². The second-order valence-corrected chi connectivity index (χ2v) is 7.57. The van der Waals surface area contributed by atoms with Crippen LogP contribution in [0.3, 0.4) is 0 Å². The smallest absolute Gasteiger partial charge is 0.243 e. The first-order valence-electron chi connectivity index (χ1n) is 7.75. The van der Waals surface area contributed by atoms with Crippen LogP contribution in [0.2, 0.25) is 0 Å². The highest BCUT2D eigenvalue weighted by Crippen LogP contribution is 2.34. The molecule has 0 spiro atoms. The Bertz CT molecular complexity index is 860. The van der Waals surface area contributed by atoms with E-state index in [0.29, 0.717) is 30.5 Å². The van der Waals surface area contributed by atoms with E-state index in [1.54, 1.807) is 24.3 Å². The summed E-state index contributed by atoms with van der Waals surface area (Å²) in [5.74, 6) is -1.30. The number of ether oxygens (including phenoxy) is 1. The van der Waals surface area contributed by atoms with Crippen molar-refractivity contribution in [2.24, 2.45) is 0 Å². The number of nitrogens with zero attached hydrogens (tertiary/aromatic N) is 1. The van der Waals surface area contributed by atoms with Gasteiger partial charge in [0.2, 0.25) is 10.0 Å². The Hall–Kier alpha value is -1.74. The van der Waals surface area contributed by atoms with Crippen LogP contribution in [0.5, 0.6) is 5.75 Å². The summed E-state index contributed by atoms with van der Waals surface area (Å²) < 4.78 is 59.6. The molecule has 1 aliphatic heterocycles. The number of methoxy groups -OCH3 is 1. The maximum absolute atomic E-state index is 13.5. The summed E-state index contributed by atoms with van der Waals surface area (Å²) in [5, 5.41) is 3.15. The van der Waals surface area contributed by atoms with E-state index in [-0.39, 0.29) is 19.0 Å². The molecule has 0 aliphatic carbocycles. The number of rotatable bonds is 4. The molecule has 0 bridgehead atoms. The van der Waals surface area contributed by atoms with E-state index in [9.17, 15) is 17.2 Å². The van der Waals surface area contributed by atoms with Gasteiger partial charge in [-0.25, -0.2) is 17.2 Å². The lowest BCUT2D eigenvalue weighted by atomic mass is 10.0. The van der Waals surface area contributed by atoms with Crippen molar-refractivity contribution >= 4 is 22.4 Å². The van der Waals surface area contributed by atoms with Crippen LogP contribution < -0.4 is 10.1 Å². The van der Waals surface area contributed by atoms with Crippen molar-refractivity contribution in [2.45, 2.75) is 10.9 Å². The summed E-state index contributed by atoms with van der Waals surface area (Å²) in [6.07, 6.45) is 0. The Labute approximate surface area is 157 Å². The molecule has 1 unspecified atom stereocenters. The number of hydrogen-bond donors (Lipinski definition) is 1. The Morgan fingerprint density at radius 1 is 1.15 bits per heavy atom. The minimum Gasteiger partial charge on any atom is -0.496 e. The summed E-state index contributed by atoms with van der Waals surface area (Å²) in [5.41, 5.74) is 0.692. The van der Waals surface area contributed by atoms with Gasteiger partial charge in [0.05, 0.1) is 18.0 Å². The SMILES string of the molecule is COc1ccccc1C1CNCCN1S(=O)(=O)c1cc(F)cc(F)c1.Cl. The maximum Gasteiger partial charge on any atom is 0.243 e. The van der Waals surface area contributed by atoms with Gasteiger partial charge in [-0.1, -0.05) is 18.2 Å². The second kappa shape index (κ2) is 8.30. The average Bonchev–Trinajstić information content (AvgIpc) is 2.61. The first-order valence-corrected chi connectivity index (χ1v) is 9.19. The lowest BCUT2D eigenvalue weighted by Gasteiger charge is -2.36. The average molecular weight is 405 g/mol. The van der Waals surface area contributed by atoms with Crippen molar-refractivity contribution in [1.82, 2.24) is 9.62 Å². The standard InChI is InChI=1S/C17H18F2N2O3S.ClH/c1-24-17-5-3-2-4-15(17)16-11-20-6-7-21(16)25(22,23)14-9-12(18)8-13(19)10-14;/h2-5,8-10,16,20H,6-7,11H2,1H3;1H. The van der Waals surface area contributed by atoms with Crippen molar-refractivity contribution in [2.75, 3.05) is 26.7 Å². The highest BCUT2D eigenvalue weighted by atomic mass is 35.5. The molecule has 0 radical (unpaired) electrons. The predicted molar refractivity (Wildman–Crippen MR) is 96.1 cm³/mol. The molecule has 142 valence electrons. The van der Waals surface area contributed by atoms with E-state index >= 15 is 0 Å². The van der Waals surface area contributed by atoms with E-state index in [1.807, 2.05) is 0 Å². The fraction of sp³-hybridized carbons (Fsp3) is 0.294. The Morgan fingerprint density at radius 2 is 1.81 bits per heavy atom. The number of para-hydroxylation sites is 1. The van der Waals surface area contributed by atoms with Gasteiger partial charge in [-0.15, -0.1) is 12.4 Å². The second-order valence-electron chi connectivity index (χ2n) is 5.68. The largest absolute Gasteiger partial charge is 0.496 e. The molecular weight excluding hydrogens is 386 g/mol. The molecule has 2 aromatic carbocycles. The zero-order valence-electron chi connectivity index (χ0n) is 14.0. The van der Waals surface area contributed by atoms with Crippen LogP contribution in [0.1, 0.15) is 11.6 Å². The summed E-state index contributed by atoms with van der Waals surface area (Å²) in [6, 6.07) is 8.88. The number of nitrogens with one attached hydrogen (secondary N) is 1. The zero-order valence-corrected chi connectivity index (χ0v) is 15.6. The van der Waals surface area contributed by atoms with Crippen LogP contribution in [0.25, 0.3) is 0 Å². The molecule has 9 heteroatoms. The molecule has 26 heavy (non-hydrogen) atoms. The number of sulfonamides is 1. The fourth-order valence-corrected chi connectivity index (χ4v) is 4.64. The third-order valence-electron chi connectivity index (χ3n) is 4.13. The van der Waals surface area contributed by atoms with Gasteiger partial charge in [-0.2, -0.15) is 4.31 Å². The molecule has 0 saturated carbocycles. The van der Waals surface area contributed by atoms with E-state index in [0.717, 1.165) is 12.1 Å². The van der Waals surface area contributed by atoms with E-state index in [4.69, 9.17) is 4.74 Å². The highest BCUT2D eigenvalue weighted by Gasteiger charge is 2.36. The van der Waals surface area contributed by atoms with Crippen molar-refractivity contribution in [3.05, 3.63) is 59.7 Å². The van der Waals surface area contributed by atoms with Crippen LogP contribution in [0.15, 0.2) is 47.4 Å². The molecule has 1 aliphatic rings. The monoisotopic (exact) mass is 404 g/mol. The van der Waals surface area contributed by atoms with Gasteiger partial charge in [0.25, 0.3) is 0 Å². The fourth-order valence-electron chi connectivity index (χ4n) is 2.99. The lowest BCUT2D eigenvalue weighted by molar-refractivity contribution is 0.264. The Morgan fingerprint density at radius 3 is 2.46 bits per heavy atom. The molecule has 1 atom stereocenters. The minimum absolute atomic E-state index is 0. The van der Waals surface area contributed by atoms with Gasteiger partial charge >= 0.3 is 0 Å². The third-order valence-corrected chi connectivity index (χ3v) is 6.02. The highest BCUT2D eigenvalue weighted by molar-refractivity contribution is 7.89. The van der Waals surface area contributed by atoms with E-state index in [1.165, 1.54) is 11.4 Å². The predicted octanol–water partition coefficient (Wildman–Crippen LogP) is 2.73. The third kappa shape index (κ3) is 3.98. The van der Waals surface area contributed by atoms with Crippen molar-refractivity contribution in [3.63, 3.8) is 0 Å². The normalized spacial score (nSPS) is 18.2. The molecule has 0 aromatic heterocycles. The quantitative estimate of drug-likeness (QED) is 0.851. The van der Waals surface area contributed by atoms with Gasteiger partial charge in [0.15, 0.2) is 0 Å². The van der Waals surface area contributed by atoms with Crippen LogP contribution in [0.4, 0.5) is 8.78 Å². The molecule has 1 fully saturated rings. The minimum atomic E-state index is -4.07. The zero-order chi connectivity index (χ0) is 18.0. The van der Waals surface area contributed by atoms with Crippen molar-refractivity contribution < 1.29 is 21.9 Å². The molecule has 1 saturated heterocycles. The summed E-state index contributed by atoms with van der Waals surface area (Å²) in [6.45, 7) is 1.00. The molecule has 1 N–H and O–H groups in total. The molecule has 3 rings (SSSR count). The first kappa shape index (κ1) is 20.6. The van der Waals surface area contributed by atoms with Gasteiger partial charge in [0.1, 0.15) is 17.4 Å². The molecular formula is C17H19ClF2N2O3S. The molecule has 1 heterocycles. The Balaban J connectivity index is 0.00000243. The van der Waals surface area contributed by atoms with E-state index in [2.05, 4.69) is 5.32 Å². The number of halogens is 3. The summed E-state index contributed by atoms with van der Waals surface area (Å²) in [4.78, 5) is -0.396. The van der Waals surface area contributed by atoms with Crippen LogP contribution in [0, 0.1) is 11.6 Å². The maximum atomic E-state index is 13.5. The number of hydrogen-bond acceptors (Lipinski definition) is 4. The van der Waals surface area contributed by atoms with Crippen LogP contribution in [-0.2, 0) is 10.0 Å². The van der Waals surface area contributed by atoms with Gasteiger partial charge in [0, 0.05) is 31.3 Å². The van der Waals surface area contributed by atoms with Crippen LogP contribution >= 0.6 is 12.4 Å². The van der Waals surface area contributed by atoms with Gasteiger partial charge in [-0.3, -0.25) is 0 Å². The van der Waals surface area contributed by atoms with Gasteiger partial charge in [-0.05, 0) is 18.2 Å². The van der Waals surface area contributed by atoms with Crippen molar-refractivity contribution in [3.8, 4) is 5.75 Å². The van der Waals surface area contributed by atoms with Crippen molar-refractivity contribution in [1.29, 1.82) is 0 Å². The summed E-state index contributed by atoms with van der Waals surface area (Å²) in [7, 11) is -2.56. The molecule has 2 aromatic rings. The summed E-state index contributed by atoms with van der Waals surface area (Å²) >= 11 is 0.